The van der Waals surface area contributed by atoms with E-state index < -0.39 is 6.04 Å². The van der Waals surface area contributed by atoms with Crippen LogP contribution in [-0.4, -0.2) is 27.6 Å². The van der Waals surface area contributed by atoms with E-state index in [0.29, 0.717) is 11.3 Å². The topological polar surface area (TPSA) is 69.0 Å². The van der Waals surface area contributed by atoms with Crippen LogP contribution >= 0.6 is 0 Å². The Kier molecular flexibility index (Phi) is 4.56. The van der Waals surface area contributed by atoms with Gasteiger partial charge in [0, 0.05) is 43.0 Å². The molecule has 1 amide bonds. The van der Waals surface area contributed by atoms with Crippen molar-refractivity contribution in [2.45, 2.75) is 6.04 Å². The maximum Gasteiger partial charge on any atom is 0.252 e. The van der Waals surface area contributed by atoms with Gasteiger partial charge in [-0.15, -0.1) is 0 Å². The summed E-state index contributed by atoms with van der Waals surface area (Å²) in [5, 5.41) is 3.04. The highest BCUT2D eigenvalue weighted by Crippen LogP contribution is 2.29. The molecule has 0 unspecified atom stereocenters. The van der Waals surface area contributed by atoms with Crippen molar-refractivity contribution in [3.8, 4) is 5.75 Å². The summed E-state index contributed by atoms with van der Waals surface area (Å²) in [6.07, 6.45) is 6.73. The molecule has 0 saturated heterocycles. The number of aryl methyl sites for hydroxylation is 1. The number of amides is 1. The van der Waals surface area contributed by atoms with Crippen LogP contribution in [0.3, 0.4) is 0 Å². The number of carbonyl (C=O) groups excluding carboxylic acids is 1. The molecule has 3 aromatic rings. The molecule has 0 fully saturated rings. The molecule has 6 heteroatoms. The Morgan fingerprint density at radius 2 is 1.92 bits per heavy atom. The highest BCUT2D eigenvalue weighted by Gasteiger charge is 2.24. The van der Waals surface area contributed by atoms with Crippen molar-refractivity contribution in [2.24, 2.45) is 7.05 Å². The van der Waals surface area contributed by atoms with Crippen molar-refractivity contribution in [3.05, 3.63) is 78.1 Å². The maximum absolute atomic E-state index is 12.6. The van der Waals surface area contributed by atoms with Crippen molar-refractivity contribution >= 4 is 5.91 Å². The third kappa shape index (κ3) is 3.12. The number of nitrogens with zero attached hydrogens (tertiary/aromatic N) is 3. The number of aromatic nitrogens is 3. The van der Waals surface area contributed by atoms with E-state index in [0.717, 1.165) is 11.4 Å². The van der Waals surface area contributed by atoms with Crippen molar-refractivity contribution < 1.29 is 9.53 Å². The predicted molar refractivity (Wildman–Crippen MR) is 89.7 cm³/mol. The molecule has 6 nitrogen and oxygen atoms in total. The molecule has 0 radical (unpaired) electrons. The van der Waals surface area contributed by atoms with Gasteiger partial charge in [0.2, 0.25) is 0 Å². The first-order chi connectivity index (χ1) is 11.7. The Morgan fingerprint density at radius 3 is 2.58 bits per heavy atom. The monoisotopic (exact) mass is 322 g/mol. The maximum atomic E-state index is 12.6. The Labute approximate surface area is 140 Å². The molecule has 1 atom stereocenters. The fourth-order valence-electron chi connectivity index (χ4n) is 2.56. The van der Waals surface area contributed by atoms with Gasteiger partial charge in [-0.05, 0) is 18.2 Å². The van der Waals surface area contributed by atoms with Crippen LogP contribution in [0, 0.1) is 0 Å². The Hall–Kier alpha value is -3.15. The van der Waals surface area contributed by atoms with Crippen LogP contribution in [0.2, 0.25) is 0 Å². The molecule has 2 heterocycles. The average molecular weight is 322 g/mol. The molecular weight excluding hydrogens is 304 g/mol. The zero-order valence-corrected chi connectivity index (χ0v) is 13.5. The first-order valence-electron chi connectivity index (χ1n) is 7.51. The first-order valence-corrected chi connectivity index (χ1v) is 7.51. The summed E-state index contributed by atoms with van der Waals surface area (Å²) in [4.78, 5) is 21.0. The zero-order valence-electron chi connectivity index (χ0n) is 13.5. The van der Waals surface area contributed by atoms with Crippen molar-refractivity contribution in [2.75, 3.05) is 7.11 Å². The van der Waals surface area contributed by atoms with Gasteiger partial charge >= 0.3 is 0 Å². The van der Waals surface area contributed by atoms with Crippen LogP contribution in [0.4, 0.5) is 0 Å². The minimum Gasteiger partial charge on any atom is -0.496 e. The number of imidazole rings is 1. The Morgan fingerprint density at radius 1 is 1.17 bits per heavy atom. The van der Waals surface area contributed by atoms with Crippen LogP contribution in [0.5, 0.6) is 5.75 Å². The largest absolute Gasteiger partial charge is 0.496 e. The molecule has 0 spiro atoms. The normalized spacial score (nSPS) is 11.8. The number of rotatable bonds is 5. The number of benzene rings is 1. The van der Waals surface area contributed by atoms with Gasteiger partial charge in [0.25, 0.3) is 5.91 Å². The lowest BCUT2D eigenvalue weighted by atomic mass is 10.0. The van der Waals surface area contributed by atoms with Crippen molar-refractivity contribution in [3.63, 3.8) is 0 Å². The summed E-state index contributed by atoms with van der Waals surface area (Å²) in [7, 11) is 3.50. The summed E-state index contributed by atoms with van der Waals surface area (Å²) >= 11 is 0. The second-order valence-corrected chi connectivity index (χ2v) is 5.28. The molecule has 2 aromatic heterocycles. The highest BCUT2D eigenvalue weighted by atomic mass is 16.5. The third-order valence-corrected chi connectivity index (χ3v) is 3.78. The second kappa shape index (κ2) is 6.95. The van der Waals surface area contributed by atoms with E-state index in [2.05, 4.69) is 15.3 Å². The van der Waals surface area contributed by atoms with Crippen molar-refractivity contribution in [1.82, 2.24) is 19.9 Å². The number of pyridine rings is 1. The molecule has 1 aromatic carbocycles. The van der Waals surface area contributed by atoms with Gasteiger partial charge in [0.1, 0.15) is 17.6 Å². The number of hydrogen-bond acceptors (Lipinski definition) is 4. The quantitative estimate of drug-likeness (QED) is 0.783. The van der Waals surface area contributed by atoms with E-state index in [9.17, 15) is 4.79 Å². The van der Waals surface area contributed by atoms with Crippen LogP contribution in [0.25, 0.3) is 0 Å². The van der Waals surface area contributed by atoms with Crippen LogP contribution in [-0.2, 0) is 7.05 Å². The smallest absolute Gasteiger partial charge is 0.252 e. The lowest BCUT2D eigenvalue weighted by Crippen LogP contribution is -2.31. The highest BCUT2D eigenvalue weighted by molar-refractivity contribution is 5.94. The van der Waals surface area contributed by atoms with Gasteiger partial charge in [-0.2, -0.15) is 0 Å². The molecule has 3 rings (SSSR count). The fourth-order valence-corrected chi connectivity index (χ4v) is 2.56. The number of ether oxygens (including phenoxy) is 1. The van der Waals surface area contributed by atoms with E-state index in [4.69, 9.17) is 4.74 Å². The molecule has 0 bridgehead atoms. The van der Waals surface area contributed by atoms with Crippen LogP contribution < -0.4 is 10.1 Å². The molecular formula is C18H18N4O2. The standard InChI is InChI=1S/C18H18N4O2/c1-22-12-11-20-17(22)16(14-5-3-4-6-15(14)24-2)21-18(23)13-7-9-19-10-8-13/h3-12,16H,1-2H3,(H,21,23)/t16-/m1/s1. The molecule has 1 N–H and O–H groups in total. The molecule has 0 aliphatic carbocycles. The third-order valence-electron chi connectivity index (χ3n) is 3.78. The number of methoxy groups -OCH3 is 1. The second-order valence-electron chi connectivity index (χ2n) is 5.28. The molecule has 0 aliphatic rings. The van der Waals surface area contributed by atoms with Gasteiger partial charge in [-0.25, -0.2) is 4.98 Å². The van der Waals surface area contributed by atoms with Crippen LogP contribution in [0.15, 0.2) is 61.2 Å². The lowest BCUT2D eigenvalue weighted by Gasteiger charge is -2.21. The van der Waals surface area contributed by atoms with E-state index in [-0.39, 0.29) is 5.91 Å². The first kappa shape index (κ1) is 15.7. The van der Waals surface area contributed by atoms with Gasteiger partial charge in [0.15, 0.2) is 0 Å². The Bertz CT molecular complexity index is 830. The van der Waals surface area contributed by atoms with Gasteiger partial charge < -0.3 is 14.6 Å². The number of nitrogens with one attached hydrogen (secondary N) is 1. The predicted octanol–water partition coefficient (Wildman–Crippen LogP) is 2.34. The minimum absolute atomic E-state index is 0.198. The molecule has 24 heavy (non-hydrogen) atoms. The molecule has 0 saturated carbocycles. The summed E-state index contributed by atoms with van der Waals surface area (Å²) in [6, 6.07) is 10.5. The van der Waals surface area contributed by atoms with E-state index >= 15 is 0 Å². The van der Waals surface area contributed by atoms with Gasteiger partial charge in [-0.1, -0.05) is 18.2 Å². The van der Waals surface area contributed by atoms with Gasteiger partial charge in [-0.3, -0.25) is 9.78 Å². The Balaban J connectivity index is 2.00. The SMILES string of the molecule is COc1ccccc1[C@@H](NC(=O)c1ccncc1)c1nccn1C. The summed E-state index contributed by atoms with van der Waals surface area (Å²) in [6.45, 7) is 0. The lowest BCUT2D eigenvalue weighted by molar-refractivity contribution is 0.0940. The van der Waals surface area contributed by atoms with Gasteiger partial charge in [0.05, 0.1) is 7.11 Å². The van der Waals surface area contributed by atoms with Crippen molar-refractivity contribution in [1.29, 1.82) is 0 Å². The summed E-state index contributed by atoms with van der Waals surface area (Å²) in [5.41, 5.74) is 1.39. The summed E-state index contributed by atoms with van der Waals surface area (Å²) in [5.74, 6) is 1.22. The van der Waals surface area contributed by atoms with E-state index in [1.165, 1.54) is 0 Å². The van der Waals surface area contributed by atoms with E-state index in [1.807, 2.05) is 42.1 Å². The minimum atomic E-state index is -0.429. The average Bonchev–Trinajstić information content (AvgIpc) is 3.06. The number of para-hydroxylation sites is 1. The number of hydrogen-bond donors (Lipinski definition) is 1. The molecule has 122 valence electrons. The molecule has 0 aliphatic heterocycles. The van der Waals surface area contributed by atoms with E-state index in [1.54, 1.807) is 37.8 Å². The zero-order chi connectivity index (χ0) is 16.9. The fraction of sp³-hybridized carbons (Fsp3) is 0.167. The number of carbonyl (C=O) groups is 1. The van der Waals surface area contributed by atoms with Crippen LogP contribution in [0.1, 0.15) is 27.8 Å². The summed E-state index contributed by atoms with van der Waals surface area (Å²) < 4.78 is 7.33.